The first-order valence-corrected chi connectivity index (χ1v) is 11.0. The molecule has 0 radical (unpaired) electrons. The first-order valence-electron chi connectivity index (χ1n) is 8.15. The third-order valence-corrected chi connectivity index (χ3v) is 6.64. The summed E-state index contributed by atoms with van der Waals surface area (Å²) in [6.45, 7) is 5.01. The van der Waals surface area contributed by atoms with Crippen LogP contribution >= 0.6 is 11.8 Å². The van der Waals surface area contributed by atoms with Crippen molar-refractivity contribution in [3.63, 3.8) is 0 Å². The van der Waals surface area contributed by atoms with Gasteiger partial charge in [0.2, 0.25) is 5.91 Å². The zero-order valence-corrected chi connectivity index (χ0v) is 15.7. The number of amides is 1. The van der Waals surface area contributed by atoms with Gasteiger partial charge in [0.25, 0.3) is 0 Å². The van der Waals surface area contributed by atoms with Crippen LogP contribution in [-0.2, 0) is 21.2 Å². The summed E-state index contributed by atoms with van der Waals surface area (Å²) in [6, 6.07) is -0.236. The Bertz CT molecular complexity index is 725. The number of rotatable bonds is 8. The van der Waals surface area contributed by atoms with Gasteiger partial charge in [-0.1, -0.05) is 25.6 Å². The van der Waals surface area contributed by atoms with Crippen molar-refractivity contribution in [3.8, 4) is 0 Å². The molecule has 0 saturated carbocycles. The van der Waals surface area contributed by atoms with Gasteiger partial charge in [0.1, 0.15) is 0 Å². The summed E-state index contributed by atoms with van der Waals surface area (Å²) in [4.78, 5) is 25.9. The number of nitrogens with one attached hydrogen (secondary N) is 1. The second-order valence-electron chi connectivity index (χ2n) is 5.90. The van der Waals surface area contributed by atoms with Crippen LogP contribution in [0.2, 0.25) is 0 Å². The van der Waals surface area contributed by atoms with Gasteiger partial charge in [0.15, 0.2) is 15.0 Å². The van der Waals surface area contributed by atoms with Crippen molar-refractivity contribution in [2.75, 3.05) is 23.8 Å². The van der Waals surface area contributed by atoms with Gasteiger partial charge in [-0.15, -0.1) is 5.10 Å². The van der Waals surface area contributed by atoms with E-state index in [0.29, 0.717) is 24.7 Å². The highest BCUT2D eigenvalue weighted by Gasteiger charge is 2.34. The molecule has 1 aliphatic rings. The fraction of sp³-hybridized carbons (Fsp3) is 0.786. The normalized spacial score (nSPS) is 19.5. The molecule has 1 N–H and O–H groups in total. The second-order valence-corrected chi connectivity index (χ2v) is 9.07. The number of H-pyrrole nitrogens is 1. The van der Waals surface area contributed by atoms with E-state index in [4.69, 9.17) is 0 Å². The monoisotopic (exact) mass is 376 g/mol. The molecule has 0 spiro atoms. The quantitative estimate of drug-likeness (QED) is 0.663. The minimum Gasteiger partial charge on any atom is -0.338 e. The van der Waals surface area contributed by atoms with E-state index in [2.05, 4.69) is 10.2 Å². The van der Waals surface area contributed by atoms with E-state index in [0.717, 1.165) is 12.8 Å². The number of carbonyl (C=O) groups is 1. The van der Waals surface area contributed by atoms with Crippen LogP contribution in [0.25, 0.3) is 0 Å². The average Bonchev–Trinajstić information content (AvgIpc) is 3.06. The molecule has 136 valence electrons. The van der Waals surface area contributed by atoms with E-state index in [9.17, 15) is 18.0 Å². The summed E-state index contributed by atoms with van der Waals surface area (Å²) in [7, 11) is -3.03. The van der Waals surface area contributed by atoms with E-state index < -0.39 is 9.84 Å². The van der Waals surface area contributed by atoms with E-state index in [-0.39, 0.29) is 34.9 Å². The molecule has 0 aliphatic carbocycles. The van der Waals surface area contributed by atoms with Crippen LogP contribution in [0.15, 0.2) is 9.95 Å². The van der Waals surface area contributed by atoms with Crippen molar-refractivity contribution < 1.29 is 13.2 Å². The highest BCUT2D eigenvalue weighted by atomic mass is 32.2. The minimum absolute atomic E-state index is 0.0480. The number of hydrogen-bond donors (Lipinski definition) is 1. The Morgan fingerprint density at radius 3 is 2.75 bits per heavy atom. The van der Waals surface area contributed by atoms with Crippen LogP contribution in [0, 0.1) is 0 Å². The Morgan fingerprint density at radius 1 is 1.42 bits per heavy atom. The minimum atomic E-state index is -3.03. The molecule has 24 heavy (non-hydrogen) atoms. The first-order chi connectivity index (χ1) is 11.4. The average molecular weight is 377 g/mol. The maximum Gasteiger partial charge on any atom is 0.343 e. The van der Waals surface area contributed by atoms with E-state index in [1.807, 2.05) is 13.8 Å². The highest BCUT2D eigenvalue weighted by molar-refractivity contribution is 7.99. The molecular weight excluding hydrogens is 352 g/mol. The molecule has 0 aromatic carbocycles. The predicted molar refractivity (Wildman–Crippen MR) is 92.9 cm³/mol. The Kier molecular flexibility index (Phi) is 6.50. The molecule has 1 fully saturated rings. The highest BCUT2D eigenvalue weighted by Crippen LogP contribution is 2.21. The van der Waals surface area contributed by atoms with Crippen LogP contribution in [0.5, 0.6) is 0 Å². The number of aromatic nitrogens is 3. The summed E-state index contributed by atoms with van der Waals surface area (Å²) < 4.78 is 24.9. The van der Waals surface area contributed by atoms with Crippen molar-refractivity contribution in [3.05, 3.63) is 10.5 Å². The summed E-state index contributed by atoms with van der Waals surface area (Å²) >= 11 is 1.21. The number of carbonyl (C=O) groups excluding carboxylic acids is 1. The lowest BCUT2D eigenvalue weighted by molar-refractivity contribution is -0.130. The molecule has 1 aliphatic heterocycles. The molecular formula is C14H24N4O4S2. The van der Waals surface area contributed by atoms with E-state index in [1.165, 1.54) is 16.3 Å². The lowest BCUT2D eigenvalue weighted by Crippen LogP contribution is -2.42. The Balaban J connectivity index is 2.02. The standard InChI is InChI=1S/C14H24N4O4S2/c1-3-6-17(11-5-8-24(21,22)10-11)12(19)9-23-14-16-15-13(20)18(14)7-4-2/h11H,3-10H2,1-2H3,(H,15,20)/t11-/m0/s1. The lowest BCUT2D eigenvalue weighted by Gasteiger charge is -2.27. The van der Waals surface area contributed by atoms with Gasteiger partial charge in [-0.25, -0.2) is 18.3 Å². The molecule has 0 bridgehead atoms. The maximum absolute atomic E-state index is 12.6. The van der Waals surface area contributed by atoms with Gasteiger partial charge in [-0.2, -0.15) is 0 Å². The Hall–Kier alpha value is -1.29. The molecule has 2 rings (SSSR count). The largest absolute Gasteiger partial charge is 0.343 e. The van der Waals surface area contributed by atoms with Crippen LogP contribution in [0.1, 0.15) is 33.1 Å². The summed E-state index contributed by atoms with van der Waals surface area (Å²) in [5.74, 6) is 0.229. The topological polar surface area (TPSA) is 105 Å². The molecule has 10 heteroatoms. The number of thioether (sulfide) groups is 1. The molecule has 8 nitrogen and oxygen atoms in total. The Morgan fingerprint density at radius 2 is 2.17 bits per heavy atom. The first kappa shape index (κ1) is 19.0. The second kappa shape index (κ2) is 8.19. The fourth-order valence-corrected chi connectivity index (χ4v) is 5.41. The number of aromatic amines is 1. The van der Waals surface area contributed by atoms with E-state index >= 15 is 0 Å². The smallest absolute Gasteiger partial charge is 0.338 e. The van der Waals surface area contributed by atoms with Crippen molar-refractivity contribution in [1.82, 2.24) is 19.7 Å². The molecule has 0 unspecified atom stereocenters. The zero-order chi connectivity index (χ0) is 17.7. The molecule has 1 amide bonds. The number of sulfone groups is 1. The van der Waals surface area contributed by atoms with Crippen molar-refractivity contribution in [2.24, 2.45) is 0 Å². The van der Waals surface area contributed by atoms with Gasteiger partial charge >= 0.3 is 5.69 Å². The van der Waals surface area contributed by atoms with Crippen molar-refractivity contribution in [2.45, 2.75) is 50.9 Å². The van der Waals surface area contributed by atoms with E-state index in [1.54, 1.807) is 4.90 Å². The SMILES string of the molecule is CCCN(C(=O)CSc1n[nH]c(=O)n1CCC)[C@H]1CCS(=O)(=O)C1. The Labute approximate surface area is 145 Å². The van der Waals surface area contributed by atoms with Gasteiger partial charge in [-0.05, 0) is 19.3 Å². The van der Waals surface area contributed by atoms with Gasteiger partial charge in [-0.3, -0.25) is 9.36 Å². The number of nitrogens with zero attached hydrogens (tertiary/aromatic N) is 3. The van der Waals surface area contributed by atoms with Crippen LogP contribution < -0.4 is 5.69 Å². The van der Waals surface area contributed by atoms with Crippen molar-refractivity contribution >= 4 is 27.5 Å². The van der Waals surface area contributed by atoms with Crippen LogP contribution in [0.4, 0.5) is 0 Å². The summed E-state index contributed by atoms with van der Waals surface area (Å²) in [5.41, 5.74) is -0.279. The molecule has 2 heterocycles. The van der Waals surface area contributed by atoms with Crippen LogP contribution in [0.3, 0.4) is 0 Å². The zero-order valence-electron chi connectivity index (χ0n) is 14.0. The van der Waals surface area contributed by atoms with Gasteiger partial charge in [0, 0.05) is 19.1 Å². The summed E-state index contributed by atoms with van der Waals surface area (Å²) in [5, 5.41) is 6.84. The molecule has 1 aromatic heterocycles. The van der Waals surface area contributed by atoms with Gasteiger partial charge < -0.3 is 4.90 Å². The molecule has 1 saturated heterocycles. The predicted octanol–water partition coefficient (Wildman–Crippen LogP) is 0.499. The molecule has 1 atom stereocenters. The molecule has 1 aromatic rings. The van der Waals surface area contributed by atoms with Crippen LogP contribution in [-0.4, -0.2) is 63.8 Å². The van der Waals surface area contributed by atoms with Crippen molar-refractivity contribution in [1.29, 1.82) is 0 Å². The number of hydrogen-bond acceptors (Lipinski definition) is 6. The third-order valence-electron chi connectivity index (χ3n) is 3.93. The third kappa shape index (κ3) is 4.62. The lowest BCUT2D eigenvalue weighted by atomic mass is 10.2. The summed E-state index contributed by atoms with van der Waals surface area (Å²) in [6.07, 6.45) is 2.07. The fourth-order valence-electron chi connectivity index (χ4n) is 2.82. The maximum atomic E-state index is 12.6. The van der Waals surface area contributed by atoms with Gasteiger partial charge in [0.05, 0.1) is 17.3 Å².